The molecule has 9 heteroatoms. The Morgan fingerprint density at radius 3 is 2.76 bits per heavy atom. The molecule has 3 aromatic rings. The average Bonchev–Trinajstić information content (AvgIpc) is 2.91. The number of aromatic nitrogens is 5. The number of carboxylic acid groups (broad SMARTS) is 1. The van der Waals surface area contributed by atoms with Gasteiger partial charge in [-0.1, -0.05) is 0 Å². The van der Waals surface area contributed by atoms with Crippen molar-refractivity contribution < 1.29 is 14.7 Å². The first-order valence-electron chi connectivity index (χ1n) is 5.80. The van der Waals surface area contributed by atoms with Crippen LogP contribution < -0.4 is 5.32 Å². The Kier molecular flexibility index (Phi) is 2.99. The van der Waals surface area contributed by atoms with E-state index < -0.39 is 11.9 Å². The quantitative estimate of drug-likeness (QED) is 0.716. The number of carbonyl (C=O) groups excluding carboxylic acids is 1. The standard InChI is InChI=1S/C12H8N6O3/c19-11(7-5-16-18-4-3-13-6-8(7)18)17-10-9(12(20)21)14-1-2-15-10/h1-6H,(H,20,21)(H,15,17,19). The van der Waals surface area contributed by atoms with Crippen LogP contribution in [0.15, 0.2) is 37.2 Å². The molecule has 104 valence electrons. The first-order chi connectivity index (χ1) is 10.2. The molecule has 0 spiro atoms. The third-order valence-electron chi connectivity index (χ3n) is 2.70. The summed E-state index contributed by atoms with van der Waals surface area (Å²) in [5.74, 6) is -1.95. The van der Waals surface area contributed by atoms with Crippen molar-refractivity contribution in [3.63, 3.8) is 0 Å². The number of amides is 1. The molecule has 9 nitrogen and oxygen atoms in total. The Hall–Kier alpha value is -3.36. The molecule has 0 aliphatic carbocycles. The number of nitrogens with zero attached hydrogens (tertiary/aromatic N) is 5. The summed E-state index contributed by atoms with van der Waals surface area (Å²) in [5.41, 5.74) is 0.418. The van der Waals surface area contributed by atoms with E-state index in [1.54, 1.807) is 6.20 Å². The van der Waals surface area contributed by atoms with Crippen LogP contribution in [0.25, 0.3) is 5.52 Å². The highest BCUT2D eigenvalue weighted by molar-refractivity contribution is 6.09. The zero-order valence-corrected chi connectivity index (χ0v) is 10.5. The van der Waals surface area contributed by atoms with Gasteiger partial charge >= 0.3 is 5.97 Å². The van der Waals surface area contributed by atoms with Gasteiger partial charge in [-0.25, -0.2) is 19.3 Å². The Labute approximate surface area is 117 Å². The Morgan fingerprint density at radius 1 is 1.14 bits per heavy atom. The van der Waals surface area contributed by atoms with Crippen molar-refractivity contribution in [2.75, 3.05) is 5.32 Å². The first-order valence-corrected chi connectivity index (χ1v) is 5.80. The second-order valence-electron chi connectivity index (χ2n) is 3.98. The number of rotatable bonds is 3. The number of anilines is 1. The van der Waals surface area contributed by atoms with Gasteiger partial charge in [-0.3, -0.25) is 9.78 Å². The number of carbonyl (C=O) groups is 2. The molecule has 0 saturated heterocycles. The van der Waals surface area contributed by atoms with Crippen LogP contribution in [0.3, 0.4) is 0 Å². The molecule has 3 aromatic heterocycles. The number of hydrogen-bond acceptors (Lipinski definition) is 6. The van der Waals surface area contributed by atoms with E-state index in [-0.39, 0.29) is 17.1 Å². The molecule has 0 saturated carbocycles. The van der Waals surface area contributed by atoms with Crippen molar-refractivity contribution in [1.29, 1.82) is 0 Å². The Bertz CT molecular complexity index is 844. The van der Waals surface area contributed by atoms with Gasteiger partial charge in [0.25, 0.3) is 5.91 Å². The average molecular weight is 284 g/mol. The van der Waals surface area contributed by atoms with Crippen molar-refractivity contribution in [2.24, 2.45) is 0 Å². The fraction of sp³-hybridized carbons (Fsp3) is 0. The van der Waals surface area contributed by atoms with E-state index in [0.29, 0.717) is 5.52 Å². The zero-order valence-electron chi connectivity index (χ0n) is 10.5. The molecule has 0 aliphatic rings. The largest absolute Gasteiger partial charge is 0.476 e. The second-order valence-corrected chi connectivity index (χ2v) is 3.98. The van der Waals surface area contributed by atoms with Gasteiger partial charge in [0, 0.05) is 24.8 Å². The lowest BCUT2D eigenvalue weighted by molar-refractivity contribution is 0.0691. The van der Waals surface area contributed by atoms with Crippen LogP contribution in [-0.4, -0.2) is 41.5 Å². The summed E-state index contributed by atoms with van der Waals surface area (Å²) in [5, 5.41) is 15.4. The number of nitrogens with one attached hydrogen (secondary N) is 1. The molecular formula is C12H8N6O3. The molecule has 21 heavy (non-hydrogen) atoms. The predicted octanol–water partition coefficient (Wildman–Crippen LogP) is 0.470. The van der Waals surface area contributed by atoms with Crippen LogP contribution in [0.1, 0.15) is 20.8 Å². The van der Waals surface area contributed by atoms with Gasteiger partial charge < -0.3 is 10.4 Å². The maximum atomic E-state index is 12.2. The van der Waals surface area contributed by atoms with E-state index in [9.17, 15) is 9.59 Å². The lowest BCUT2D eigenvalue weighted by atomic mass is 10.2. The monoisotopic (exact) mass is 284 g/mol. The first kappa shape index (κ1) is 12.7. The molecular weight excluding hydrogens is 276 g/mol. The van der Waals surface area contributed by atoms with E-state index in [0.717, 1.165) is 0 Å². The van der Waals surface area contributed by atoms with Gasteiger partial charge in [-0.15, -0.1) is 0 Å². The minimum atomic E-state index is -1.28. The van der Waals surface area contributed by atoms with Crippen molar-refractivity contribution in [3.8, 4) is 0 Å². The smallest absolute Gasteiger partial charge is 0.358 e. The maximum absolute atomic E-state index is 12.2. The lowest BCUT2D eigenvalue weighted by Gasteiger charge is -2.05. The molecule has 0 unspecified atom stereocenters. The van der Waals surface area contributed by atoms with Crippen LogP contribution in [0, 0.1) is 0 Å². The van der Waals surface area contributed by atoms with E-state index in [1.165, 1.54) is 35.5 Å². The predicted molar refractivity (Wildman–Crippen MR) is 69.9 cm³/mol. The fourth-order valence-corrected chi connectivity index (χ4v) is 1.77. The summed E-state index contributed by atoms with van der Waals surface area (Å²) in [6.07, 6.45) is 8.50. The zero-order chi connectivity index (χ0) is 14.8. The highest BCUT2D eigenvalue weighted by atomic mass is 16.4. The highest BCUT2D eigenvalue weighted by Crippen LogP contribution is 2.13. The molecule has 3 rings (SSSR count). The van der Waals surface area contributed by atoms with Crippen molar-refractivity contribution in [3.05, 3.63) is 48.4 Å². The normalized spacial score (nSPS) is 10.5. The maximum Gasteiger partial charge on any atom is 0.358 e. The fourth-order valence-electron chi connectivity index (χ4n) is 1.77. The summed E-state index contributed by atoms with van der Waals surface area (Å²) in [4.78, 5) is 34.6. The number of carboxylic acids is 1. The SMILES string of the molecule is O=C(O)c1nccnc1NC(=O)c1cnn2ccncc12. The van der Waals surface area contributed by atoms with Crippen LogP contribution in [0.2, 0.25) is 0 Å². The van der Waals surface area contributed by atoms with Crippen molar-refractivity contribution in [1.82, 2.24) is 24.6 Å². The van der Waals surface area contributed by atoms with Crippen LogP contribution in [-0.2, 0) is 0 Å². The van der Waals surface area contributed by atoms with Gasteiger partial charge in [-0.2, -0.15) is 5.10 Å². The van der Waals surface area contributed by atoms with Gasteiger partial charge in [0.15, 0.2) is 11.5 Å². The Balaban J connectivity index is 1.96. The van der Waals surface area contributed by atoms with Crippen LogP contribution in [0.5, 0.6) is 0 Å². The molecule has 0 aliphatic heterocycles. The van der Waals surface area contributed by atoms with Crippen molar-refractivity contribution >= 4 is 23.2 Å². The van der Waals surface area contributed by atoms with E-state index >= 15 is 0 Å². The van der Waals surface area contributed by atoms with E-state index in [4.69, 9.17) is 5.11 Å². The molecule has 0 bridgehead atoms. The number of aromatic carboxylic acids is 1. The molecule has 2 N–H and O–H groups in total. The molecule has 0 atom stereocenters. The third kappa shape index (κ3) is 2.27. The third-order valence-corrected chi connectivity index (χ3v) is 2.70. The molecule has 3 heterocycles. The summed E-state index contributed by atoms with van der Waals surface area (Å²) in [7, 11) is 0. The summed E-state index contributed by atoms with van der Waals surface area (Å²) in [6, 6.07) is 0. The minimum absolute atomic E-state index is 0.127. The highest BCUT2D eigenvalue weighted by Gasteiger charge is 2.18. The van der Waals surface area contributed by atoms with Crippen LogP contribution >= 0.6 is 0 Å². The van der Waals surface area contributed by atoms with Gasteiger partial charge in [0.1, 0.15) is 0 Å². The van der Waals surface area contributed by atoms with E-state index in [2.05, 4.69) is 25.4 Å². The van der Waals surface area contributed by atoms with Crippen molar-refractivity contribution in [2.45, 2.75) is 0 Å². The summed E-state index contributed by atoms with van der Waals surface area (Å²) >= 11 is 0. The molecule has 0 radical (unpaired) electrons. The minimum Gasteiger partial charge on any atom is -0.476 e. The van der Waals surface area contributed by atoms with Crippen LogP contribution in [0.4, 0.5) is 5.82 Å². The second kappa shape index (κ2) is 4.96. The lowest BCUT2D eigenvalue weighted by Crippen LogP contribution is -2.16. The molecule has 0 fully saturated rings. The summed E-state index contributed by atoms with van der Waals surface area (Å²) in [6.45, 7) is 0. The van der Waals surface area contributed by atoms with E-state index in [1.807, 2.05) is 0 Å². The number of fused-ring (bicyclic) bond motifs is 1. The topological polar surface area (TPSA) is 122 Å². The van der Waals surface area contributed by atoms with Gasteiger partial charge in [-0.05, 0) is 0 Å². The summed E-state index contributed by atoms with van der Waals surface area (Å²) < 4.78 is 1.48. The molecule has 0 aromatic carbocycles. The number of hydrogen-bond donors (Lipinski definition) is 2. The van der Waals surface area contributed by atoms with Gasteiger partial charge in [0.05, 0.1) is 23.5 Å². The molecule has 1 amide bonds. The van der Waals surface area contributed by atoms with Gasteiger partial charge in [0.2, 0.25) is 0 Å². The Morgan fingerprint density at radius 2 is 1.95 bits per heavy atom.